The molecule has 0 amide bonds. The van der Waals surface area contributed by atoms with Gasteiger partial charge < -0.3 is 10.6 Å². The molecule has 0 bridgehead atoms. The molecule has 1 unspecified atom stereocenters. The van der Waals surface area contributed by atoms with Gasteiger partial charge in [0, 0.05) is 18.7 Å². The van der Waals surface area contributed by atoms with Crippen molar-refractivity contribution in [2.45, 2.75) is 25.3 Å². The maximum absolute atomic E-state index is 11.0. The lowest BCUT2D eigenvalue weighted by atomic mass is 10.1. The van der Waals surface area contributed by atoms with E-state index >= 15 is 0 Å². The molecule has 19 heavy (non-hydrogen) atoms. The second-order valence-electron chi connectivity index (χ2n) is 4.55. The topological polar surface area (TPSA) is 67.2 Å². The number of nitro benzene ring substituents is 1. The number of nitro groups is 1. The number of halogens is 2. The highest BCUT2D eigenvalue weighted by Crippen LogP contribution is 2.33. The molecule has 1 aromatic carbocycles. The minimum Gasteiger partial charge on any atom is -0.379 e. The summed E-state index contributed by atoms with van der Waals surface area (Å²) in [4.78, 5) is 10.5. The van der Waals surface area contributed by atoms with Gasteiger partial charge in [-0.1, -0.05) is 23.2 Å². The Labute approximate surface area is 121 Å². The molecule has 0 radical (unpaired) electrons. The Morgan fingerprint density at radius 1 is 1.42 bits per heavy atom. The first-order valence-corrected chi connectivity index (χ1v) is 6.94. The fourth-order valence-electron chi connectivity index (χ4n) is 2.21. The molecule has 2 rings (SSSR count). The van der Waals surface area contributed by atoms with Crippen molar-refractivity contribution in [2.24, 2.45) is 0 Å². The fourth-order valence-corrected chi connectivity index (χ4v) is 2.53. The zero-order valence-electron chi connectivity index (χ0n) is 10.3. The Bertz CT molecular complexity index is 476. The molecule has 1 aliphatic rings. The predicted octanol–water partition coefficient (Wildman–Crippen LogP) is 3.46. The summed E-state index contributed by atoms with van der Waals surface area (Å²) in [5.74, 6) is 0. The molecule has 1 aliphatic heterocycles. The van der Waals surface area contributed by atoms with Crippen LogP contribution >= 0.6 is 23.2 Å². The van der Waals surface area contributed by atoms with Crippen molar-refractivity contribution in [3.8, 4) is 0 Å². The normalized spacial score (nSPS) is 18.5. The van der Waals surface area contributed by atoms with Crippen molar-refractivity contribution >= 4 is 34.6 Å². The maximum Gasteiger partial charge on any atom is 0.293 e. The van der Waals surface area contributed by atoms with E-state index in [1.165, 1.54) is 18.6 Å². The van der Waals surface area contributed by atoms with Gasteiger partial charge in [-0.25, -0.2) is 0 Å². The molecule has 5 nitrogen and oxygen atoms in total. The van der Waals surface area contributed by atoms with E-state index in [0.29, 0.717) is 23.3 Å². The van der Waals surface area contributed by atoms with E-state index in [4.69, 9.17) is 23.2 Å². The molecule has 0 spiro atoms. The van der Waals surface area contributed by atoms with Crippen LogP contribution in [0.25, 0.3) is 0 Å². The molecule has 1 saturated heterocycles. The van der Waals surface area contributed by atoms with Gasteiger partial charge in [-0.05, 0) is 31.9 Å². The van der Waals surface area contributed by atoms with Crippen molar-refractivity contribution in [2.75, 3.05) is 18.4 Å². The van der Waals surface area contributed by atoms with Gasteiger partial charge in [0.2, 0.25) is 0 Å². The van der Waals surface area contributed by atoms with Gasteiger partial charge in [0.25, 0.3) is 5.69 Å². The van der Waals surface area contributed by atoms with Crippen LogP contribution in [0.1, 0.15) is 19.3 Å². The Balaban J connectivity index is 2.01. The second-order valence-corrected chi connectivity index (χ2v) is 5.36. The summed E-state index contributed by atoms with van der Waals surface area (Å²) in [5, 5.41) is 17.9. The van der Waals surface area contributed by atoms with Crippen LogP contribution in [0.15, 0.2) is 12.1 Å². The highest BCUT2D eigenvalue weighted by molar-refractivity contribution is 6.42. The van der Waals surface area contributed by atoms with Crippen LogP contribution in [0.2, 0.25) is 10.0 Å². The van der Waals surface area contributed by atoms with Gasteiger partial charge in [-0.2, -0.15) is 0 Å². The minimum atomic E-state index is -0.460. The van der Waals surface area contributed by atoms with E-state index in [1.807, 2.05) is 0 Å². The first kappa shape index (κ1) is 14.4. The first-order chi connectivity index (χ1) is 9.08. The molecule has 1 fully saturated rings. The molecule has 7 heteroatoms. The van der Waals surface area contributed by atoms with Crippen molar-refractivity contribution < 1.29 is 4.92 Å². The van der Waals surface area contributed by atoms with Gasteiger partial charge in [-0.15, -0.1) is 0 Å². The van der Waals surface area contributed by atoms with E-state index in [1.54, 1.807) is 0 Å². The first-order valence-electron chi connectivity index (χ1n) is 6.18. The van der Waals surface area contributed by atoms with Gasteiger partial charge in [-0.3, -0.25) is 10.1 Å². The number of nitrogens with zero attached hydrogens (tertiary/aromatic N) is 1. The number of anilines is 1. The summed E-state index contributed by atoms with van der Waals surface area (Å²) in [6.45, 7) is 1.72. The number of rotatable bonds is 5. The van der Waals surface area contributed by atoms with Crippen molar-refractivity contribution in [3.63, 3.8) is 0 Å². The number of hydrogen-bond donors (Lipinski definition) is 2. The van der Waals surface area contributed by atoms with Gasteiger partial charge in [0.15, 0.2) is 0 Å². The Morgan fingerprint density at radius 3 is 2.79 bits per heavy atom. The molecule has 0 aromatic heterocycles. The van der Waals surface area contributed by atoms with Gasteiger partial charge in [0.05, 0.1) is 15.0 Å². The number of benzene rings is 1. The summed E-state index contributed by atoms with van der Waals surface area (Å²) >= 11 is 11.7. The molecular weight excluding hydrogens is 289 g/mol. The van der Waals surface area contributed by atoms with Crippen LogP contribution in [0.4, 0.5) is 11.4 Å². The van der Waals surface area contributed by atoms with Gasteiger partial charge in [0.1, 0.15) is 5.69 Å². The quantitative estimate of drug-likeness (QED) is 0.646. The third kappa shape index (κ3) is 3.72. The van der Waals surface area contributed by atoms with E-state index in [9.17, 15) is 10.1 Å². The van der Waals surface area contributed by atoms with E-state index in [2.05, 4.69) is 10.6 Å². The smallest absolute Gasteiger partial charge is 0.293 e. The Hall–Kier alpha value is -1.04. The van der Waals surface area contributed by atoms with Crippen LogP contribution < -0.4 is 10.6 Å². The molecule has 1 aromatic rings. The van der Waals surface area contributed by atoms with Crippen LogP contribution in [0, 0.1) is 10.1 Å². The van der Waals surface area contributed by atoms with Crippen molar-refractivity contribution in [1.29, 1.82) is 0 Å². The standard InChI is InChI=1S/C12H15Cl2N3O2/c13-9-6-11(12(17(18)19)7-10(9)14)16-5-3-8-2-1-4-15-8/h6-8,15-16H,1-5H2. The SMILES string of the molecule is O=[N+]([O-])c1cc(Cl)c(Cl)cc1NCCC1CCCN1. The van der Waals surface area contributed by atoms with Gasteiger partial charge >= 0.3 is 0 Å². The summed E-state index contributed by atoms with van der Waals surface area (Å²) in [6.07, 6.45) is 3.28. The Morgan fingerprint density at radius 2 is 2.16 bits per heavy atom. The van der Waals surface area contributed by atoms with Crippen molar-refractivity contribution in [3.05, 3.63) is 32.3 Å². The molecule has 2 N–H and O–H groups in total. The number of nitrogens with one attached hydrogen (secondary N) is 2. The summed E-state index contributed by atoms with van der Waals surface area (Å²) in [5.41, 5.74) is 0.367. The summed E-state index contributed by atoms with van der Waals surface area (Å²) < 4.78 is 0. The highest BCUT2D eigenvalue weighted by atomic mass is 35.5. The summed E-state index contributed by atoms with van der Waals surface area (Å²) in [7, 11) is 0. The molecule has 1 heterocycles. The molecule has 0 saturated carbocycles. The van der Waals surface area contributed by atoms with E-state index in [0.717, 1.165) is 19.4 Å². The number of hydrogen-bond acceptors (Lipinski definition) is 4. The van der Waals surface area contributed by atoms with Crippen LogP contribution in [0.5, 0.6) is 0 Å². The largest absolute Gasteiger partial charge is 0.379 e. The maximum atomic E-state index is 11.0. The lowest BCUT2D eigenvalue weighted by Crippen LogP contribution is -2.24. The zero-order chi connectivity index (χ0) is 13.8. The summed E-state index contributed by atoms with van der Waals surface area (Å²) in [6, 6.07) is 3.28. The highest BCUT2D eigenvalue weighted by Gasteiger charge is 2.18. The average molecular weight is 304 g/mol. The lowest BCUT2D eigenvalue weighted by molar-refractivity contribution is -0.383. The van der Waals surface area contributed by atoms with Crippen LogP contribution in [-0.4, -0.2) is 24.1 Å². The van der Waals surface area contributed by atoms with Crippen LogP contribution in [-0.2, 0) is 0 Å². The zero-order valence-corrected chi connectivity index (χ0v) is 11.8. The molecule has 1 atom stereocenters. The van der Waals surface area contributed by atoms with Crippen molar-refractivity contribution in [1.82, 2.24) is 5.32 Å². The average Bonchev–Trinajstić information content (AvgIpc) is 2.86. The predicted molar refractivity (Wildman–Crippen MR) is 77.2 cm³/mol. The third-order valence-electron chi connectivity index (χ3n) is 3.21. The monoisotopic (exact) mass is 303 g/mol. The molecular formula is C12H15Cl2N3O2. The molecule has 0 aliphatic carbocycles. The molecule has 104 valence electrons. The fraction of sp³-hybridized carbons (Fsp3) is 0.500. The Kier molecular flexibility index (Phi) is 4.85. The minimum absolute atomic E-state index is 0.0474. The van der Waals surface area contributed by atoms with Crippen LogP contribution in [0.3, 0.4) is 0 Å². The third-order valence-corrected chi connectivity index (χ3v) is 3.93. The van der Waals surface area contributed by atoms with E-state index in [-0.39, 0.29) is 10.7 Å². The lowest BCUT2D eigenvalue weighted by Gasteiger charge is -2.12. The van der Waals surface area contributed by atoms with E-state index < -0.39 is 4.92 Å². The second kappa shape index (κ2) is 6.41.